The van der Waals surface area contributed by atoms with Gasteiger partial charge in [0, 0.05) is 32.1 Å². The first-order valence-electron chi connectivity index (χ1n) is 8.57. The molecule has 0 radical (unpaired) electrons. The van der Waals surface area contributed by atoms with Crippen LogP contribution in [0.5, 0.6) is 5.75 Å². The van der Waals surface area contributed by atoms with Crippen LogP contribution in [0.2, 0.25) is 0 Å². The number of nitrogens with zero attached hydrogens (tertiary/aromatic N) is 1. The molecule has 0 spiro atoms. The van der Waals surface area contributed by atoms with E-state index in [4.69, 9.17) is 4.74 Å². The van der Waals surface area contributed by atoms with Crippen molar-refractivity contribution in [1.82, 2.24) is 10.2 Å². The quantitative estimate of drug-likeness (QED) is 0.869. The number of likely N-dealkylation sites (tertiary alicyclic amines) is 1. The van der Waals surface area contributed by atoms with E-state index in [1.807, 2.05) is 6.07 Å². The van der Waals surface area contributed by atoms with Gasteiger partial charge in [-0.05, 0) is 37.4 Å². The predicted octanol–water partition coefficient (Wildman–Crippen LogP) is 1.67. The standard InChI is InChI=1S/C18H28N2O2/c1-2-15-5-3-4-6-17(15)22-12-11-20-10-8-18(21)7-9-19-13-16(18)14-20/h3-6,16,19,21H,2,7-14H2,1H3/t16-,18-/m0/s1. The lowest BCUT2D eigenvalue weighted by Gasteiger charge is -2.47. The summed E-state index contributed by atoms with van der Waals surface area (Å²) in [6.07, 6.45) is 2.79. The number of fused-ring (bicyclic) bond motifs is 1. The fraction of sp³-hybridized carbons (Fsp3) is 0.667. The van der Waals surface area contributed by atoms with E-state index in [1.165, 1.54) is 5.56 Å². The SMILES string of the molecule is CCc1ccccc1OCCN1CC[C@@]2(O)CCNC[C@H]2C1. The number of benzene rings is 1. The first kappa shape index (κ1) is 15.8. The van der Waals surface area contributed by atoms with Crippen molar-refractivity contribution in [3.8, 4) is 5.75 Å². The van der Waals surface area contributed by atoms with Gasteiger partial charge < -0.3 is 15.2 Å². The molecule has 0 aromatic heterocycles. The van der Waals surface area contributed by atoms with E-state index in [0.29, 0.717) is 5.92 Å². The minimum Gasteiger partial charge on any atom is -0.492 e. The highest BCUT2D eigenvalue weighted by Gasteiger charge is 2.42. The normalized spacial score (nSPS) is 29.1. The molecule has 2 atom stereocenters. The van der Waals surface area contributed by atoms with Crippen molar-refractivity contribution in [1.29, 1.82) is 0 Å². The first-order valence-corrected chi connectivity index (χ1v) is 8.57. The van der Waals surface area contributed by atoms with Crippen LogP contribution >= 0.6 is 0 Å². The molecule has 2 aliphatic heterocycles. The fourth-order valence-electron chi connectivity index (χ4n) is 3.72. The third-order valence-electron chi connectivity index (χ3n) is 5.24. The summed E-state index contributed by atoms with van der Waals surface area (Å²) >= 11 is 0. The van der Waals surface area contributed by atoms with E-state index in [0.717, 1.165) is 64.3 Å². The molecule has 122 valence electrons. The van der Waals surface area contributed by atoms with Gasteiger partial charge >= 0.3 is 0 Å². The average Bonchev–Trinajstić information content (AvgIpc) is 2.55. The molecule has 2 aliphatic rings. The van der Waals surface area contributed by atoms with Gasteiger partial charge in [-0.2, -0.15) is 0 Å². The Morgan fingerprint density at radius 1 is 1.36 bits per heavy atom. The van der Waals surface area contributed by atoms with E-state index < -0.39 is 5.60 Å². The van der Waals surface area contributed by atoms with Crippen molar-refractivity contribution in [3.63, 3.8) is 0 Å². The summed E-state index contributed by atoms with van der Waals surface area (Å²) in [4.78, 5) is 2.43. The highest BCUT2D eigenvalue weighted by atomic mass is 16.5. The minimum atomic E-state index is -0.433. The Morgan fingerprint density at radius 3 is 3.09 bits per heavy atom. The Bertz CT molecular complexity index is 494. The van der Waals surface area contributed by atoms with Crippen LogP contribution in [0, 0.1) is 5.92 Å². The molecule has 0 unspecified atom stereocenters. The van der Waals surface area contributed by atoms with Gasteiger partial charge in [0.05, 0.1) is 5.60 Å². The molecular weight excluding hydrogens is 276 g/mol. The zero-order valence-corrected chi connectivity index (χ0v) is 13.6. The smallest absolute Gasteiger partial charge is 0.122 e. The van der Waals surface area contributed by atoms with Gasteiger partial charge in [0.2, 0.25) is 0 Å². The number of piperidine rings is 2. The maximum Gasteiger partial charge on any atom is 0.122 e. The summed E-state index contributed by atoms with van der Waals surface area (Å²) in [5, 5.41) is 14.1. The van der Waals surface area contributed by atoms with E-state index in [9.17, 15) is 5.11 Å². The Kier molecular flexibility index (Phi) is 5.01. The number of hydrogen-bond donors (Lipinski definition) is 2. The molecule has 0 aliphatic carbocycles. The first-order chi connectivity index (χ1) is 10.7. The van der Waals surface area contributed by atoms with Gasteiger partial charge in [0.15, 0.2) is 0 Å². The Morgan fingerprint density at radius 2 is 2.23 bits per heavy atom. The lowest BCUT2D eigenvalue weighted by Crippen LogP contribution is -2.59. The number of rotatable bonds is 5. The summed E-state index contributed by atoms with van der Waals surface area (Å²) in [6, 6.07) is 8.28. The van der Waals surface area contributed by atoms with Crippen LogP contribution in [0.1, 0.15) is 25.3 Å². The molecule has 2 N–H and O–H groups in total. The lowest BCUT2D eigenvalue weighted by atomic mass is 9.76. The maximum atomic E-state index is 10.7. The van der Waals surface area contributed by atoms with Crippen LogP contribution in [0.4, 0.5) is 0 Å². The van der Waals surface area contributed by atoms with E-state index in [1.54, 1.807) is 0 Å². The summed E-state index contributed by atoms with van der Waals surface area (Å²) in [6.45, 7) is 7.65. The number of nitrogens with one attached hydrogen (secondary N) is 1. The topological polar surface area (TPSA) is 44.7 Å². The molecule has 2 saturated heterocycles. The van der Waals surface area contributed by atoms with E-state index in [-0.39, 0.29) is 0 Å². The number of hydrogen-bond acceptors (Lipinski definition) is 4. The van der Waals surface area contributed by atoms with Crippen LogP contribution in [-0.2, 0) is 6.42 Å². The molecule has 0 saturated carbocycles. The summed E-state index contributed by atoms with van der Waals surface area (Å²) in [5.41, 5.74) is 0.837. The van der Waals surface area contributed by atoms with Crippen molar-refractivity contribution in [2.75, 3.05) is 39.3 Å². The van der Waals surface area contributed by atoms with Crippen LogP contribution in [0.3, 0.4) is 0 Å². The molecule has 3 rings (SSSR count). The third kappa shape index (κ3) is 3.45. The monoisotopic (exact) mass is 304 g/mol. The summed E-state index contributed by atoms with van der Waals surface area (Å²) < 4.78 is 5.97. The summed E-state index contributed by atoms with van der Waals surface area (Å²) in [7, 11) is 0. The fourth-order valence-corrected chi connectivity index (χ4v) is 3.72. The van der Waals surface area contributed by atoms with Crippen molar-refractivity contribution in [2.45, 2.75) is 31.8 Å². The molecular formula is C18H28N2O2. The Labute approximate surface area is 133 Å². The maximum absolute atomic E-state index is 10.7. The number of ether oxygens (including phenoxy) is 1. The van der Waals surface area contributed by atoms with Crippen molar-refractivity contribution in [2.24, 2.45) is 5.92 Å². The molecule has 2 fully saturated rings. The molecule has 0 bridgehead atoms. The third-order valence-corrected chi connectivity index (χ3v) is 5.24. The molecule has 1 aromatic carbocycles. The highest BCUT2D eigenvalue weighted by molar-refractivity contribution is 5.33. The van der Waals surface area contributed by atoms with Crippen molar-refractivity contribution < 1.29 is 9.84 Å². The largest absolute Gasteiger partial charge is 0.492 e. The van der Waals surface area contributed by atoms with Crippen LogP contribution < -0.4 is 10.1 Å². The van der Waals surface area contributed by atoms with Gasteiger partial charge in [-0.1, -0.05) is 25.1 Å². The second-order valence-electron chi connectivity index (χ2n) is 6.61. The van der Waals surface area contributed by atoms with Crippen LogP contribution in [-0.4, -0.2) is 54.9 Å². The highest BCUT2D eigenvalue weighted by Crippen LogP contribution is 2.32. The molecule has 22 heavy (non-hydrogen) atoms. The predicted molar refractivity (Wildman–Crippen MR) is 88.3 cm³/mol. The molecule has 2 heterocycles. The van der Waals surface area contributed by atoms with Gasteiger partial charge in [0.1, 0.15) is 12.4 Å². The summed E-state index contributed by atoms with van der Waals surface area (Å²) in [5.74, 6) is 1.37. The van der Waals surface area contributed by atoms with Gasteiger partial charge in [0.25, 0.3) is 0 Å². The molecule has 1 aromatic rings. The zero-order chi connectivity index (χ0) is 15.4. The second-order valence-corrected chi connectivity index (χ2v) is 6.61. The van der Waals surface area contributed by atoms with E-state index >= 15 is 0 Å². The van der Waals surface area contributed by atoms with Crippen LogP contribution in [0.25, 0.3) is 0 Å². The Balaban J connectivity index is 1.48. The lowest BCUT2D eigenvalue weighted by molar-refractivity contribution is -0.0894. The van der Waals surface area contributed by atoms with Crippen LogP contribution in [0.15, 0.2) is 24.3 Å². The van der Waals surface area contributed by atoms with Crippen molar-refractivity contribution >= 4 is 0 Å². The van der Waals surface area contributed by atoms with Crippen molar-refractivity contribution in [3.05, 3.63) is 29.8 Å². The average molecular weight is 304 g/mol. The molecule has 4 heteroatoms. The number of para-hydroxylation sites is 1. The number of aliphatic hydroxyl groups is 1. The minimum absolute atomic E-state index is 0.359. The number of aryl methyl sites for hydroxylation is 1. The van der Waals surface area contributed by atoms with Gasteiger partial charge in [-0.3, -0.25) is 4.90 Å². The second kappa shape index (κ2) is 6.99. The van der Waals surface area contributed by atoms with Gasteiger partial charge in [-0.15, -0.1) is 0 Å². The molecule has 4 nitrogen and oxygen atoms in total. The van der Waals surface area contributed by atoms with Gasteiger partial charge in [-0.25, -0.2) is 0 Å². The molecule has 0 amide bonds. The Hall–Kier alpha value is -1.10. The zero-order valence-electron chi connectivity index (χ0n) is 13.6. The van der Waals surface area contributed by atoms with E-state index in [2.05, 4.69) is 35.3 Å².